The van der Waals surface area contributed by atoms with Gasteiger partial charge in [-0.2, -0.15) is 5.10 Å². The highest BCUT2D eigenvalue weighted by Crippen LogP contribution is 2.28. The van der Waals surface area contributed by atoms with Crippen LogP contribution in [0.15, 0.2) is 0 Å². The summed E-state index contributed by atoms with van der Waals surface area (Å²) in [5, 5.41) is 13.5. The van der Waals surface area contributed by atoms with E-state index in [1.807, 2.05) is 30.5 Å². The molecule has 0 aliphatic carbocycles. The molecule has 1 heterocycles. The number of aryl methyl sites for hydroxylation is 2. The molecule has 2 atom stereocenters. The van der Waals surface area contributed by atoms with Crippen LogP contribution in [0.1, 0.15) is 50.2 Å². The number of aromatic nitrogens is 2. The maximum Gasteiger partial charge on any atom is 0.317 e. The highest BCUT2D eigenvalue weighted by Gasteiger charge is 2.26. The second kappa shape index (κ2) is 6.19. The first kappa shape index (κ1) is 15.7. The van der Waals surface area contributed by atoms with Crippen molar-refractivity contribution in [1.29, 1.82) is 0 Å². The second-order valence-corrected chi connectivity index (χ2v) is 5.21. The Balaban J connectivity index is 3.11. The van der Waals surface area contributed by atoms with E-state index in [-0.39, 0.29) is 18.6 Å². The molecule has 0 spiro atoms. The lowest BCUT2D eigenvalue weighted by Crippen LogP contribution is -2.39. The summed E-state index contributed by atoms with van der Waals surface area (Å²) in [5.74, 6) is -0.786. The standard InChI is InChI=1S/C14H25N3O2/c1-7-9(2)17(8-13(18)19)12(5)14-10(3)15-16(6)11(14)4/h9,12H,7-8H2,1-6H3,(H,18,19). The van der Waals surface area contributed by atoms with Gasteiger partial charge in [0.15, 0.2) is 0 Å². The number of carboxylic acid groups (broad SMARTS) is 1. The van der Waals surface area contributed by atoms with Crippen LogP contribution in [0.4, 0.5) is 0 Å². The summed E-state index contributed by atoms with van der Waals surface area (Å²) >= 11 is 0. The second-order valence-electron chi connectivity index (χ2n) is 5.21. The lowest BCUT2D eigenvalue weighted by atomic mass is 10.0. The van der Waals surface area contributed by atoms with Crippen molar-refractivity contribution < 1.29 is 9.90 Å². The Labute approximate surface area is 115 Å². The highest BCUT2D eigenvalue weighted by molar-refractivity contribution is 5.69. The van der Waals surface area contributed by atoms with Crippen LogP contribution in [0.3, 0.4) is 0 Å². The highest BCUT2D eigenvalue weighted by atomic mass is 16.4. The minimum Gasteiger partial charge on any atom is -0.480 e. The van der Waals surface area contributed by atoms with E-state index in [4.69, 9.17) is 5.11 Å². The molecule has 0 bridgehead atoms. The molecular formula is C14H25N3O2. The van der Waals surface area contributed by atoms with Crippen molar-refractivity contribution in [2.75, 3.05) is 6.54 Å². The van der Waals surface area contributed by atoms with Gasteiger partial charge >= 0.3 is 5.97 Å². The van der Waals surface area contributed by atoms with Crippen LogP contribution in [0, 0.1) is 13.8 Å². The molecular weight excluding hydrogens is 242 g/mol. The molecule has 5 nitrogen and oxygen atoms in total. The fourth-order valence-corrected chi connectivity index (χ4v) is 2.63. The minimum atomic E-state index is -0.786. The summed E-state index contributed by atoms with van der Waals surface area (Å²) in [6, 6.07) is 0.282. The van der Waals surface area contributed by atoms with E-state index in [1.54, 1.807) is 0 Å². The zero-order valence-electron chi connectivity index (χ0n) is 12.8. The number of aliphatic carboxylic acids is 1. The van der Waals surface area contributed by atoms with Crippen LogP contribution >= 0.6 is 0 Å². The number of hydrogen-bond acceptors (Lipinski definition) is 3. The number of carboxylic acids is 1. The maximum absolute atomic E-state index is 11.1. The zero-order chi connectivity index (χ0) is 14.7. The molecule has 0 fully saturated rings. The van der Waals surface area contributed by atoms with Crippen LogP contribution in [0.2, 0.25) is 0 Å². The van der Waals surface area contributed by atoms with Gasteiger partial charge in [0.2, 0.25) is 0 Å². The Kier molecular flexibility index (Phi) is 5.11. The third kappa shape index (κ3) is 3.35. The van der Waals surface area contributed by atoms with Crippen molar-refractivity contribution in [2.45, 2.75) is 53.1 Å². The molecule has 5 heteroatoms. The average Bonchev–Trinajstić information content (AvgIpc) is 2.58. The Morgan fingerprint density at radius 2 is 2.00 bits per heavy atom. The molecule has 1 aromatic heterocycles. The van der Waals surface area contributed by atoms with Crippen molar-refractivity contribution in [3.8, 4) is 0 Å². The predicted molar refractivity (Wildman–Crippen MR) is 75.2 cm³/mol. The third-order valence-electron chi connectivity index (χ3n) is 3.96. The molecule has 108 valence electrons. The summed E-state index contributed by atoms with van der Waals surface area (Å²) in [5.41, 5.74) is 3.22. The van der Waals surface area contributed by atoms with E-state index in [2.05, 4.69) is 25.9 Å². The molecule has 0 saturated heterocycles. The normalized spacial score (nSPS) is 14.7. The summed E-state index contributed by atoms with van der Waals surface area (Å²) in [7, 11) is 1.92. The van der Waals surface area contributed by atoms with Gasteiger partial charge in [0.25, 0.3) is 0 Å². The van der Waals surface area contributed by atoms with Crippen molar-refractivity contribution in [2.24, 2.45) is 7.05 Å². The number of carbonyl (C=O) groups is 1. The lowest BCUT2D eigenvalue weighted by Gasteiger charge is -2.33. The van der Waals surface area contributed by atoms with Gasteiger partial charge in [-0.1, -0.05) is 6.92 Å². The van der Waals surface area contributed by atoms with Gasteiger partial charge in [0.05, 0.1) is 12.2 Å². The molecule has 0 aliphatic rings. The molecule has 0 amide bonds. The molecule has 1 rings (SSSR count). The molecule has 19 heavy (non-hydrogen) atoms. The Bertz CT molecular complexity index is 454. The van der Waals surface area contributed by atoms with Crippen molar-refractivity contribution in [1.82, 2.24) is 14.7 Å². The summed E-state index contributed by atoms with van der Waals surface area (Å²) in [6.07, 6.45) is 0.927. The van der Waals surface area contributed by atoms with Crippen LogP contribution in [0.25, 0.3) is 0 Å². The van der Waals surface area contributed by atoms with E-state index in [1.165, 1.54) is 0 Å². The summed E-state index contributed by atoms with van der Waals surface area (Å²) < 4.78 is 1.86. The first-order valence-corrected chi connectivity index (χ1v) is 6.77. The van der Waals surface area contributed by atoms with Gasteiger partial charge in [-0.05, 0) is 34.1 Å². The van der Waals surface area contributed by atoms with Crippen molar-refractivity contribution >= 4 is 5.97 Å². The van der Waals surface area contributed by atoms with Crippen molar-refractivity contribution in [3.63, 3.8) is 0 Å². The number of nitrogens with zero attached hydrogens (tertiary/aromatic N) is 3. The van der Waals surface area contributed by atoms with Crippen molar-refractivity contribution in [3.05, 3.63) is 17.0 Å². The molecule has 0 aliphatic heterocycles. The van der Waals surface area contributed by atoms with Crippen LogP contribution in [-0.2, 0) is 11.8 Å². The molecule has 0 saturated carbocycles. The fraction of sp³-hybridized carbons (Fsp3) is 0.714. The van der Waals surface area contributed by atoms with E-state index in [0.717, 1.165) is 23.4 Å². The lowest BCUT2D eigenvalue weighted by molar-refractivity contribution is -0.139. The number of hydrogen-bond donors (Lipinski definition) is 1. The van der Waals surface area contributed by atoms with Gasteiger partial charge in [-0.3, -0.25) is 14.4 Å². The van der Waals surface area contributed by atoms with E-state index in [0.29, 0.717) is 0 Å². The van der Waals surface area contributed by atoms with E-state index < -0.39 is 5.97 Å². The third-order valence-corrected chi connectivity index (χ3v) is 3.96. The molecule has 0 radical (unpaired) electrons. The van der Waals surface area contributed by atoms with E-state index >= 15 is 0 Å². The molecule has 2 unspecified atom stereocenters. The van der Waals surface area contributed by atoms with Gasteiger partial charge < -0.3 is 5.11 Å². The van der Waals surface area contributed by atoms with Gasteiger partial charge in [-0.25, -0.2) is 0 Å². The van der Waals surface area contributed by atoms with Crippen LogP contribution in [-0.4, -0.2) is 38.3 Å². The Morgan fingerprint density at radius 3 is 2.37 bits per heavy atom. The summed E-state index contributed by atoms with van der Waals surface area (Å²) in [6.45, 7) is 10.3. The first-order chi connectivity index (χ1) is 8.79. The first-order valence-electron chi connectivity index (χ1n) is 6.77. The molecule has 0 aromatic carbocycles. The average molecular weight is 267 g/mol. The SMILES string of the molecule is CCC(C)N(CC(=O)O)C(C)c1c(C)nn(C)c1C. The summed E-state index contributed by atoms with van der Waals surface area (Å²) in [4.78, 5) is 13.1. The fourth-order valence-electron chi connectivity index (χ4n) is 2.63. The Hall–Kier alpha value is -1.36. The van der Waals surface area contributed by atoms with Gasteiger partial charge in [-0.15, -0.1) is 0 Å². The van der Waals surface area contributed by atoms with Crippen LogP contribution < -0.4 is 0 Å². The van der Waals surface area contributed by atoms with Gasteiger partial charge in [0, 0.05) is 30.4 Å². The zero-order valence-corrected chi connectivity index (χ0v) is 12.8. The number of rotatable bonds is 6. The largest absolute Gasteiger partial charge is 0.480 e. The van der Waals surface area contributed by atoms with Gasteiger partial charge in [0.1, 0.15) is 0 Å². The topological polar surface area (TPSA) is 58.4 Å². The predicted octanol–water partition coefficient (Wildman–Crippen LogP) is 2.28. The maximum atomic E-state index is 11.1. The monoisotopic (exact) mass is 267 g/mol. The Morgan fingerprint density at radius 1 is 1.42 bits per heavy atom. The molecule has 1 aromatic rings. The van der Waals surface area contributed by atoms with Crippen LogP contribution in [0.5, 0.6) is 0 Å². The molecule has 1 N–H and O–H groups in total. The smallest absolute Gasteiger partial charge is 0.317 e. The van der Waals surface area contributed by atoms with E-state index in [9.17, 15) is 4.79 Å². The minimum absolute atomic E-state index is 0.0553. The quantitative estimate of drug-likeness (QED) is 0.859.